The van der Waals surface area contributed by atoms with Crippen LogP contribution < -0.4 is 5.43 Å². The normalized spacial score (nSPS) is 11.7. The molecule has 1 radical (unpaired) electrons. The van der Waals surface area contributed by atoms with E-state index in [1.54, 1.807) is 41.5 Å². The second-order valence-corrected chi connectivity index (χ2v) is 5.58. The van der Waals surface area contributed by atoms with Crippen LogP contribution in [0.3, 0.4) is 0 Å². The van der Waals surface area contributed by atoms with Crippen molar-refractivity contribution in [3.8, 4) is 0 Å². The van der Waals surface area contributed by atoms with Gasteiger partial charge in [0.05, 0.1) is 0 Å². The van der Waals surface area contributed by atoms with Crippen molar-refractivity contribution < 1.29 is 19.1 Å². The van der Waals surface area contributed by atoms with Crippen molar-refractivity contribution in [1.82, 2.24) is 10.4 Å². The maximum absolute atomic E-state index is 11.5. The molecule has 0 heterocycles. The Hall–Kier alpha value is -1.46. The summed E-state index contributed by atoms with van der Waals surface area (Å²) in [6.45, 7) is 10.3. The Balaban J connectivity index is 4.22. The van der Waals surface area contributed by atoms with Crippen molar-refractivity contribution in [2.24, 2.45) is 0 Å². The monoisotopic (exact) mass is 245 g/mol. The third-order valence-electron chi connectivity index (χ3n) is 1.28. The van der Waals surface area contributed by atoms with E-state index in [4.69, 9.17) is 9.47 Å². The Bertz CT molecular complexity index is 289. The summed E-state index contributed by atoms with van der Waals surface area (Å²) in [5.41, 5.74) is 2.17. The standard InChI is InChI=1S/C11H21N2O4/c1-10(2,3)16-8(14)12-13(7)9(15)17-11(4,5)6/h1-7H3. The molecule has 0 spiro atoms. The number of amides is 2. The highest BCUT2D eigenvalue weighted by Gasteiger charge is 2.24. The van der Waals surface area contributed by atoms with Crippen molar-refractivity contribution >= 4 is 12.2 Å². The largest absolute Gasteiger partial charge is 0.451 e. The van der Waals surface area contributed by atoms with Crippen LogP contribution in [0.25, 0.3) is 0 Å². The highest BCUT2D eigenvalue weighted by molar-refractivity contribution is 5.73. The molecule has 0 N–H and O–H groups in total. The summed E-state index contributed by atoms with van der Waals surface area (Å²) in [6, 6.07) is 0. The maximum Gasteiger partial charge on any atom is 0.451 e. The van der Waals surface area contributed by atoms with Crippen LogP contribution in [0.5, 0.6) is 0 Å². The molecule has 0 aliphatic carbocycles. The number of hydrogen-bond acceptors (Lipinski definition) is 4. The fourth-order valence-corrected chi connectivity index (χ4v) is 0.774. The van der Waals surface area contributed by atoms with E-state index in [0.29, 0.717) is 0 Å². The van der Waals surface area contributed by atoms with Gasteiger partial charge in [0, 0.05) is 7.05 Å². The summed E-state index contributed by atoms with van der Waals surface area (Å²) in [6.07, 6.45) is -1.53. The second-order valence-electron chi connectivity index (χ2n) is 5.58. The minimum Gasteiger partial charge on any atom is -0.442 e. The molecular weight excluding hydrogens is 224 g/mol. The van der Waals surface area contributed by atoms with Crippen molar-refractivity contribution in [3.05, 3.63) is 0 Å². The van der Waals surface area contributed by atoms with E-state index >= 15 is 0 Å². The summed E-state index contributed by atoms with van der Waals surface area (Å²) in [5.74, 6) is 0. The number of hydrogen-bond donors (Lipinski definition) is 0. The minimum atomic E-state index is -0.828. The zero-order chi connectivity index (χ0) is 13.9. The smallest absolute Gasteiger partial charge is 0.442 e. The lowest BCUT2D eigenvalue weighted by Crippen LogP contribution is -2.42. The van der Waals surface area contributed by atoms with E-state index in [-0.39, 0.29) is 0 Å². The Morgan fingerprint density at radius 3 is 1.71 bits per heavy atom. The fourth-order valence-electron chi connectivity index (χ4n) is 0.774. The van der Waals surface area contributed by atoms with Gasteiger partial charge in [-0.2, -0.15) is 5.01 Å². The van der Waals surface area contributed by atoms with Gasteiger partial charge in [-0.3, -0.25) is 0 Å². The summed E-state index contributed by atoms with van der Waals surface area (Å²) in [7, 11) is 1.33. The van der Waals surface area contributed by atoms with Gasteiger partial charge in [-0.25, -0.2) is 9.59 Å². The summed E-state index contributed by atoms with van der Waals surface area (Å²) in [5, 5.41) is 0.819. The molecule has 0 bridgehead atoms. The van der Waals surface area contributed by atoms with E-state index < -0.39 is 23.4 Å². The highest BCUT2D eigenvalue weighted by Crippen LogP contribution is 2.10. The van der Waals surface area contributed by atoms with Gasteiger partial charge in [0.1, 0.15) is 11.2 Å². The lowest BCUT2D eigenvalue weighted by Gasteiger charge is -2.24. The predicted octanol–water partition coefficient (Wildman–Crippen LogP) is 2.31. The number of ether oxygens (including phenoxy) is 2. The average molecular weight is 245 g/mol. The fraction of sp³-hybridized carbons (Fsp3) is 0.818. The average Bonchev–Trinajstić information content (AvgIpc) is 1.95. The summed E-state index contributed by atoms with van der Waals surface area (Å²) in [4.78, 5) is 22.8. The topological polar surface area (TPSA) is 69.9 Å². The molecule has 99 valence electrons. The van der Waals surface area contributed by atoms with Crippen molar-refractivity contribution in [2.45, 2.75) is 52.7 Å². The van der Waals surface area contributed by atoms with Gasteiger partial charge < -0.3 is 9.47 Å². The van der Waals surface area contributed by atoms with Crippen LogP contribution in [0.2, 0.25) is 0 Å². The number of carbonyl (C=O) groups is 2. The SMILES string of the molecule is CN([N]C(=O)OC(C)(C)C)C(=O)OC(C)(C)C. The zero-order valence-corrected chi connectivity index (χ0v) is 11.5. The molecule has 0 unspecified atom stereocenters. The number of rotatable bonds is 0. The molecule has 0 saturated heterocycles. The highest BCUT2D eigenvalue weighted by atomic mass is 16.6. The molecule has 6 nitrogen and oxygen atoms in total. The van der Waals surface area contributed by atoms with E-state index in [0.717, 1.165) is 5.01 Å². The van der Waals surface area contributed by atoms with E-state index in [1.165, 1.54) is 7.05 Å². The molecule has 0 atom stereocenters. The second kappa shape index (κ2) is 5.25. The van der Waals surface area contributed by atoms with Crippen LogP contribution in [0.1, 0.15) is 41.5 Å². The van der Waals surface area contributed by atoms with Gasteiger partial charge >= 0.3 is 12.2 Å². The Morgan fingerprint density at radius 2 is 1.35 bits per heavy atom. The van der Waals surface area contributed by atoms with E-state index in [1.807, 2.05) is 0 Å². The molecule has 0 aliphatic heterocycles. The molecule has 6 heteroatoms. The molecule has 17 heavy (non-hydrogen) atoms. The van der Waals surface area contributed by atoms with Gasteiger partial charge in [-0.15, -0.1) is 0 Å². The van der Waals surface area contributed by atoms with Gasteiger partial charge in [0.25, 0.3) is 0 Å². The molecule has 2 amide bonds. The minimum absolute atomic E-state index is 0.630. The van der Waals surface area contributed by atoms with Crippen molar-refractivity contribution in [1.29, 1.82) is 0 Å². The third-order valence-corrected chi connectivity index (χ3v) is 1.28. The Morgan fingerprint density at radius 1 is 0.941 bits per heavy atom. The predicted molar refractivity (Wildman–Crippen MR) is 62.4 cm³/mol. The lowest BCUT2D eigenvalue weighted by atomic mass is 10.2. The van der Waals surface area contributed by atoms with E-state index in [2.05, 4.69) is 5.43 Å². The molecule has 0 fully saturated rings. The van der Waals surface area contributed by atoms with Crippen LogP contribution >= 0.6 is 0 Å². The molecule has 0 rings (SSSR count). The first-order chi connectivity index (χ1) is 7.41. The Labute approximate surface area is 102 Å². The first-order valence-electron chi connectivity index (χ1n) is 5.32. The number of nitrogens with zero attached hydrogens (tertiary/aromatic N) is 2. The van der Waals surface area contributed by atoms with E-state index in [9.17, 15) is 9.59 Å². The van der Waals surface area contributed by atoms with Gasteiger partial charge in [0.2, 0.25) is 0 Å². The molecular formula is C11H21N2O4. The van der Waals surface area contributed by atoms with Crippen LogP contribution in [0.15, 0.2) is 0 Å². The molecule has 0 aromatic carbocycles. The van der Waals surface area contributed by atoms with Crippen molar-refractivity contribution in [3.63, 3.8) is 0 Å². The first kappa shape index (κ1) is 15.5. The van der Waals surface area contributed by atoms with Crippen LogP contribution in [-0.4, -0.2) is 35.4 Å². The zero-order valence-electron chi connectivity index (χ0n) is 11.5. The maximum atomic E-state index is 11.5. The number of carbonyl (C=O) groups excluding carboxylic acids is 2. The molecule has 0 aromatic rings. The van der Waals surface area contributed by atoms with Gasteiger partial charge in [0.15, 0.2) is 0 Å². The summed E-state index contributed by atoms with van der Waals surface area (Å²) >= 11 is 0. The van der Waals surface area contributed by atoms with Crippen molar-refractivity contribution in [2.75, 3.05) is 7.05 Å². The molecule has 0 aromatic heterocycles. The lowest BCUT2D eigenvalue weighted by molar-refractivity contribution is 0.00600. The quantitative estimate of drug-likeness (QED) is 0.614. The van der Waals surface area contributed by atoms with Crippen LogP contribution in [-0.2, 0) is 9.47 Å². The van der Waals surface area contributed by atoms with Gasteiger partial charge in [-0.05, 0) is 41.5 Å². The molecule has 0 saturated carbocycles. The Kier molecular flexibility index (Phi) is 4.80. The molecule has 0 aliphatic rings. The van der Waals surface area contributed by atoms with Crippen LogP contribution in [0.4, 0.5) is 9.59 Å². The summed E-state index contributed by atoms with van der Waals surface area (Å²) < 4.78 is 9.95. The van der Waals surface area contributed by atoms with Gasteiger partial charge in [-0.1, -0.05) is 5.43 Å². The third kappa shape index (κ3) is 8.36. The van der Waals surface area contributed by atoms with Crippen LogP contribution in [0, 0.1) is 0 Å². The first-order valence-corrected chi connectivity index (χ1v) is 5.32.